The maximum Gasteiger partial charge on any atom is 0.206 e. The molecule has 3 rings (SSSR count). The summed E-state index contributed by atoms with van der Waals surface area (Å²) in [6.07, 6.45) is 0. The van der Waals surface area contributed by atoms with Crippen molar-refractivity contribution in [2.75, 3.05) is 5.73 Å². The van der Waals surface area contributed by atoms with Crippen molar-refractivity contribution in [2.24, 2.45) is 0 Å². The fourth-order valence-corrected chi connectivity index (χ4v) is 2.54. The molecule has 6 heteroatoms. The van der Waals surface area contributed by atoms with Crippen LogP contribution in [0.15, 0.2) is 36.4 Å². The molecule has 0 aliphatic carbocycles. The molecule has 0 saturated heterocycles. The van der Waals surface area contributed by atoms with Gasteiger partial charge in [0.1, 0.15) is 5.52 Å². The first-order valence-corrected chi connectivity index (χ1v) is 6.21. The van der Waals surface area contributed by atoms with Crippen molar-refractivity contribution in [3.63, 3.8) is 0 Å². The average molecular weight is 296 g/mol. The van der Waals surface area contributed by atoms with Crippen LogP contribution in [0.3, 0.4) is 0 Å². The summed E-state index contributed by atoms with van der Waals surface area (Å²) >= 11 is 11.9. The van der Waals surface area contributed by atoms with Crippen molar-refractivity contribution in [1.29, 1.82) is 0 Å². The van der Waals surface area contributed by atoms with Crippen LogP contribution in [0, 0.1) is 5.82 Å². The van der Waals surface area contributed by atoms with Gasteiger partial charge in [-0.1, -0.05) is 29.3 Å². The van der Waals surface area contributed by atoms with Crippen molar-refractivity contribution >= 4 is 40.2 Å². The van der Waals surface area contributed by atoms with Gasteiger partial charge >= 0.3 is 0 Å². The highest BCUT2D eigenvalue weighted by Crippen LogP contribution is 2.28. The predicted molar refractivity (Wildman–Crippen MR) is 75.5 cm³/mol. The molecule has 2 N–H and O–H groups in total. The number of halogens is 3. The Hall–Kier alpha value is -1.78. The number of aromatic nitrogens is 2. The van der Waals surface area contributed by atoms with Crippen molar-refractivity contribution in [3.8, 4) is 5.69 Å². The topological polar surface area (TPSA) is 43.8 Å². The van der Waals surface area contributed by atoms with Gasteiger partial charge in [0.05, 0.1) is 11.2 Å². The lowest BCUT2D eigenvalue weighted by molar-refractivity contribution is 0.637. The van der Waals surface area contributed by atoms with Crippen molar-refractivity contribution in [1.82, 2.24) is 9.55 Å². The zero-order valence-electron chi connectivity index (χ0n) is 9.57. The van der Waals surface area contributed by atoms with E-state index in [4.69, 9.17) is 28.9 Å². The van der Waals surface area contributed by atoms with E-state index in [0.717, 1.165) is 0 Å². The minimum absolute atomic E-state index is 0.179. The molecule has 0 aliphatic rings. The Morgan fingerprint density at radius 1 is 1.11 bits per heavy atom. The number of hydrogen-bond donors (Lipinski definition) is 1. The van der Waals surface area contributed by atoms with E-state index in [1.807, 2.05) is 0 Å². The van der Waals surface area contributed by atoms with Crippen LogP contribution in [-0.4, -0.2) is 9.55 Å². The normalized spacial score (nSPS) is 11.1. The van der Waals surface area contributed by atoms with Crippen molar-refractivity contribution in [3.05, 3.63) is 52.3 Å². The van der Waals surface area contributed by atoms with Crippen LogP contribution >= 0.6 is 23.2 Å². The first kappa shape index (κ1) is 12.3. The van der Waals surface area contributed by atoms with Gasteiger partial charge in [-0.2, -0.15) is 0 Å². The Morgan fingerprint density at radius 2 is 1.79 bits per heavy atom. The van der Waals surface area contributed by atoms with Crippen LogP contribution in [-0.2, 0) is 0 Å². The number of benzene rings is 2. The summed E-state index contributed by atoms with van der Waals surface area (Å²) in [5.41, 5.74) is 7.28. The second-order valence-electron chi connectivity index (χ2n) is 4.04. The Bertz CT molecular complexity index is 763. The average Bonchev–Trinajstić information content (AvgIpc) is 2.65. The monoisotopic (exact) mass is 295 g/mol. The molecular formula is C13H8Cl2FN3. The van der Waals surface area contributed by atoms with Gasteiger partial charge in [-0.15, -0.1) is 0 Å². The Morgan fingerprint density at radius 3 is 2.47 bits per heavy atom. The van der Waals surface area contributed by atoms with Gasteiger partial charge in [0.2, 0.25) is 5.95 Å². The highest BCUT2D eigenvalue weighted by Gasteiger charge is 2.13. The number of anilines is 1. The van der Waals surface area contributed by atoms with Crippen LogP contribution in [0.2, 0.25) is 10.0 Å². The van der Waals surface area contributed by atoms with Gasteiger partial charge < -0.3 is 5.73 Å². The summed E-state index contributed by atoms with van der Waals surface area (Å²) in [5.74, 6) is -0.241. The molecule has 2 aromatic carbocycles. The standard InChI is InChI=1S/C13H8Cl2FN3/c14-7-4-8(15)6-9(5-7)19-11-3-1-2-10(16)12(11)18-13(19)17/h1-6H,(H2,17,18). The van der Waals surface area contributed by atoms with Crippen LogP contribution in [0.5, 0.6) is 0 Å². The summed E-state index contributed by atoms with van der Waals surface area (Å²) in [7, 11) is 0. The fourth-order valence-electron chi connectivity index (χ4n) is 2.02. The number of fused-ring (bicyclic) bond motifs is 1. The quantitative estimate of drug-likeness (QED) is 0.736. The highest BCUT2D eigenvalue weighted by atomic mass is 35.5. The molecule has 19 heavy (non-hydrogen) atoms. The minimum Gasteiger partial charge on any atom is -0.369 e. The molecule has 0 aliphatic heterocycles. The number of nitrogens with zero attached hydrogens (tertiary/aromatic N) is 2. The maximum absolute atomic E-state index is 13.7. The van der Waals surface area contributed by atoms with E-state index in [0.29, 0.717) is 21.2 Å². The molecular weight excluding hydrogens is 288 g/mol. The third-order valence-corrected chi connectivity index (χ3v) is 3.20. The van der Waals surface area contributed by atoms with Gasteiger partial charge in [0.15, 0.2) is 5.82 Å². The van der Waals surface area contributed by atoms with Gasteiger partial charge in [0.25, 0.3) is 0 Å². The summed E-state index contributed by atoms with van der Waals surface area (Å²) in [6, 6.07) is 9.66. The first-order valence-electron chi connectivity index (χ1n) is 5.45. The molecule has 0 radical (unpaired) electrons. The number of nitrogen functional groups attached to an aromatic ring is 1. The predicted octanol–water partition coefficient (Wildman–Crippen LogP) is 4.05. The molecule has 0 fully saturated rings. The lowest BCUT2D eigenvalue weighted by Gasteiger charge is -2.07. The molecule has 0 unspecified atom stereocenters. The molecule has 3 aromatic rings. The fraction of sp³-hybridized carbons (Fsp3) is 0. The number of hydrogen-bond acceptors (Lipinski definition) is 2. The number of rotatable bonds is 1. The van der Waals surface area contributed by atoms with Gasteiger partial charge in [-0.05, 0) is 30.3 Å². The third kappa shape index (κ3) is 2.03. The first-order chi connectivity index (χ1) is 9.06. The molecule has 0 spiro atoms. The minimum atomic E-state index is -0.420. The van der Waals surface area contributed by atoms with Crippen LogP contribution in [0.25, 0.3) is 16.7 Å². The van der Waals surface area contributed by atoms with E-state index < -0.39 is 5.82 Å². The highest BCUT2D eigenvalue weighted by molar-refractivity contribution is 6.34. The second kappa shape index (κ2) is 4.40. The van der Waals surface area contributed by atoms with Crippen LogP contribution in [0.1, 0.15) is 0 Å². The SMILES string of the molecule is Nc1nc2c(F)cccc2n1-c1cc(Cl)cc(Cl)c1. The van der Waals surface area contributed by atoms with E-state index >= 15 is 0 Å². The molecule has 1 aromatic heterocycles. The largest absolute Gasteiger partial charge is 0.369 e. The van der Waals surface area contributed by atoms with Crippen LogP contribution in [0.4, 0.5) is 10.3 Å². The summed E-state index contributed by atoms with van der Waals surface area (Å²) in [5, 5.41) is 0.945. The number of nitrogens with two attached hydrogens (primary N) is 1. The van der Waals surface area contributed by atoms with E-state index in [-0.39, 0.29) is 11.5 Å². The molecule has 0 atom stereocenters. The Balaban J connectivity index is 2.36. The van der Waals surface area contributed by atoms with Gasteiger partial charge in [-0.25, -0.2) is 9.37 Å². The summed E-state index contributed by atoms with van der Waals surface area (Å²) < 4.78 is 15.3. The molecule has 3 nitrogen and oxygen atoms in total. The maximum atomic E-state index is 13.7. The lowest BCUT2D eigenvalue weighted by Crippen LogP contribution is -2.00. The van der Waals surface area contributed by atoms with Gasteiger partial charge in [0, 0.05) is 10.0 Å². The molecule has 0 amide bonds. The second-order valence-corrected chi connectivity index (χ2v) is 4.91. The zero-order valence-corrected chi connectivity index (χ0v) is 11.1. The van der Waals surface area contributed by atoms with Gasteiger partial charge in [-0.3, -0.25) is 4.57 Å². The lowest BCUT2D eigenvalue weighted by atomic mass is 10.2. The molecule has 1 heterocycles. The van der Waals surface area contributed by atoms with Crippen LogP contribution < -0.4 is 5.73 Å². The third-order valence-electron chi connectivity index (χ3n) is 2.77. The zero-order chi connectivity index (χ0) is 13.6. The summed E-state index contributed by atoms with van der Waals surface area (Å²) in [6.45, 7) is 0. The van der Waals surface area contributed by atoms with E-state index in [2.05, 4.69) is 4.98 Å². The Labute approximate surface area is 118 Å². The van der Waals surface area contributed by atoms with Crippen molar-refractivity contribution in [2.45, 2.75) is 0 Å². The smallest absolute Gasteiger partial charge is 0.206 e. The summed E-state index contributed by atoms with van der Waals surface area (Å²) in [4.78, 5) is 4.03. The van der Waals surface area contributed by atoms with E-state index in [1.54, 1.807) is 34.9 Å². The van der Waals surface area contributed by atoms with E-state index in [9.17, 15) is 4.39 Å². The number of imidazole rings is 1. The molecule has 0 saturated carbocycles. The molecule has 96 valence electrons. The number of para-hydroxylation sites is 1. The van der Waals surface area contributed by atoms with Crippen molar-refractivity contribution < 1.29 is 4.39 Å². The molecule has 0 bridgehead atoms. The Kier molecular flexibility index (Phi) is 2.84. The van der Waals surface area contributed by atoms with E-state index in [1.165, 1.54) is 6.07 Å².